The summed E-state index contributed by atoms with van der Waals surface area (Å²) in [6, 6.07) is 12.0. The van der Waals surface area contributed by atoms with Gasteiger partial charge in [-0.05, 0) is 30.3 Å². The van der Waals surface area contributed by atoms with E-state index in [1.165, 1.54) is 25.1 Å². The molecule has 0 aliphatic carbocycles. The van der Waals surface area contributed by atoms with Gasteiger partial charge in [0, 0.05) is 30.1 Å². The Morgan fingerprint density at radius 3 is 2.24 bits per heavy atom. The molecule has 8 nitrogen and oxygen atoms in total. The summed E-state index contributed by atoms with van der Waals surface area (Å²) in [7, 11) is 0. The molecule has 1 heterocycles. The van der Waals surface area contributed by atoms with Crippen molar-refractivity contribution in [1.82, 2.24) is 9.55 Å². The molecular weight excluding hydrogens is 379 g/mol. The van der Waals surface area contributed by atoms with Crippen LogP contribution in [0.3, 0.4) is 0 Å². The van der Waals surface area contributed by atoms with Gasteiger partial charge in [0.05, 0.1) is 6.54 Å². The van der Waals surface area contributed by atoms with E-state index in [4.69, 9.17) is 0 Å². The van der Waals surface area contributed by atoms with Crippen LogP contribution in [-0.2, 0) is 11.3 Å². The first-order valence-corrected chi connectivity index (χ1v) is 8.60. The van der Waals surface area contributed by atoms with E-state index in [0.29, 0.717) is 11.4 Å². The summed E-state index contributed by atoms with van der Waals surface area (Å²) in [5, 5.41) is 5.13. The number of carbonyl (C=O) groups excluding carboxylic acids is 2. The van der Waals surface area contributed by atoms with Crippen molar-refractivity contribution in [2.45, 2.75) is 13.5 Å². The number of nitrogens with zero attached hydrogens (tertiary/aromatic N) is 1. The number of rotatable bonds is 5. The maximum atomic E-state index is 13.9. The maximum Gasteiger partial charge on any atom is 0.328 e. The fraction of sp³-hybridized carbons (Fsp3) is 0.100. The average molecular weight is 396 g/mol. The number of benzene rings is 2. The van der Waals surface area contributed by atoms with Crippen LogP contribution in [0, 0.1) is 5.82 Å². The predicted molar refractivity (Wildman–Crippen MR) is 106 cm³/mol. The fourth-order valence-corrected chi connectivity index (χ4v) is 2.65. The van der Waals surface area contributed by atoms with Crippen molar-refractivity contribution in [1.29, 1.82) is 0 Å². The second-order valence-electron chi connectivity index (χ2n) is 6.20. The van der Waals surface area contributed by atoms with Crippen LogP contribution in [0.15, 0.2) is 64.3 Å². The van der Waals surface area contributed by atoms with E-state index < -0.39 is 23.0 Å². The van der Waals surface area contributed by atoms with Crippen molar-refractivity contribution in [2.24, 2.45) is 0 Å². The van der Waals surface area contributed by atoms with Crippen molar-refractivity contribution in [2.75, 3.05) is 10.6 Å². The quantitative estimate of drug-likeness (QED) is 0.612. The van der Waals surface area contributed by atoms with Gasteiger partial charge in [0.2, 0.25) is 5.91 Å². The fourth-order valence-electron chi connectivity index (χ4n) is 2.65. The second-order valence-corrected chi connectivity index (χ2v) is 6.20. The molecule has 29 heavy (non-hydrogen) atoms. The Morgan fingerprint density at radius 2 is 1.62 bits per heavy atom. The van der Waals surface area contributed by atoms with Gasteiger partial charge in [-0.15, -0.1) is 0 Å². The van der Waals surface area contributed by atoms with E-state index in [1.54, 1.807) is 30.3 Å². The smallest absolute Gasteiger partial charge is 0.326 e. The van der Waals surface area contributed by atoms with Gasteiger partial charge in [-0.25, -0.2) is 9.18 Å². The molecule has 0 fully saturated rings. The summed E-state index contributed by atoms with van der Waals surface area (Å²) in [4.78, 5) is 50.5. The number of amides is 2. The van der Waals surface area contributed by atoms with E-state index in [-0.39, 0.29) is 23.6 Å². The SMILES string of the molecule is CC(=O)Nc1ccc(NC(=O)c2c[nH]c(=O)n(Cc3ccccc3F)c2=O)cc1. The zero-order chi connectivity index (χ0) is 21.0. The van der Waals surface area contributed by atoms with Gasteiger partial charge in [0.25, 0.3) is 11.5 Å². The second kappa shape index (κ2) is 8.34. The number of hydrogen-bond acceptors (Lipinski definition) is 4. The zero-order valence-electron chi connectivity index (χ0n) is 15.4. The lowest BCUT2D eigenvalue weighted by Crippen LogP contribution is -2.39. The summed E-state index contributed by atoms with van der Waals surface area (Å²) in [6.07, 6.45) is 1.02. The molecule has 0 saturated carbocycles. The van der Waals surface area contributed by atoms with E-state index in [0.717, 1.165) is 10.8 Å². The van der Waals surface area contributed by atoms with Crippen molar-refractivity contribution < 1.29 is 14.0 Å². The highest BCUT2D eigenvalue weighted by atomic mass is 19.1. The molecule has 0 spiro atoms. The molecule has 3 aromatic rings. The van der Waals surface area contributed by atoms with Gasteiger partial charge in [0.15, 0.2) is 0 Å². The minimum Gasteiger partial charge on any atom is -0.326 e. The van der Waals surface area contributed by atoms with E-state index >= 15 is 0 Å². The lowest BCUT2D eigenvalue weighted by atomic mass is 10.2. The minimum absolute atomic E-state index is 0.145. The normalized spacial score (nSPS) is 10.4. The van der Waals surface area contributed by atoms with Crippen molar-refractivity contribution >= 4 is 23.2 Å². The number of nitrogens with one attached hydrogen (secondary N) is 3. The van der Waals surface area contributed by atoms with Gasteiger partial charge in [-0.3, -0.25) is 19.0 Å². The number of carbonyl (C=O) groups is 2. The maximum absolute atomic E-state index is 13.9. The number of halogens is 1. The molecule has 0 radical (unpaired) electrons. The van der Waals surface area contributed by atoms with Gasteiger partial charge in [-0.1, -0.05) is 18.2 Å². The summed E-state index contributed by atoms with van der Waals surface area (Å²) in [5.41, 5.74) is -0.820. The lowest BCUT2D eigenvalue weighted by molar-refractivity contribution is -0.114. The highest BCUT2D eigenvalue weighted by Crippen LogP contribution is 2.14. The van der Waals surface area contributed by atoms with E-state index in [1.807, 2.05) is 0 Å². The largest absolute Gasteiger partial charge is 0.328 e. The highest BCUT2D eigenvalue weighted by Gasteiger charge is 2.16. The van der Waals surface area contributed by atoms with Crippen LogP contribution in [0.4, 0.5) is 15.8 Å². The van der Waals surface area contributed by atoms with Gasteiger partial charge >= 0.3 is 5.69 Å². The van der Waals surface area contributed by atoms with Crippen LogP contribution in [0.5, 0.6) is 0 Å². The van der Waals surface area contributed by atoms with Crippen molar-refractivity contribution in [3.05, 3.63) is 92.5 Å². The molecule has 0 bridgehead atoms. The number of hydrogen-bond donors (Lipinski definition) is 3. The van der Waals surface area contributed by atoms with Gasteiger partial charge in [0.1, 0.15) is 11.4 Å². The first kappa shape index (κ1) is 19.7. The molecule has 9 heteroatoms. The van der Waals surface area contributed by atoms with E-state index in [2.05, 4.69) is 15.6 Å². The molecule has 0 unspecified atom stereocenters. The average Bonchev–Trinajstić information content (AvgIpc) is 2.67. The molecule has 0 aliphatic heterocycles. The first-order valence-electron chi connectivity index (χ1n) is 8.60. The van der Waals surface area contributed by atoms with Crippen LogP contribution in [0.1, 0.15) is 22.8 Å². The van der Waals surface area contributed by atoms with Crippen LogP contribution in [0.2, 0.25) is 0 Å². The van der Waals surface area contributed by atoms with E-state index in [9.17, 15) is 23.6 Å². The Kier molecular flexibility index (Phi) is 5.68. The topological polar surface area (TPSA) is 113 Å². The molecule has 0 saturated heterocycles. The zero-order valence-corrected chi connectivity index (χ0v) is 15.4. The molecule has 3 N–H and O–H groups in total. The summed E-state index contributed by atoms with van der Waals surface area (Å²) >= 11 is 0. The molecule has 2 aromatic carbocycles. The molecule has 0 atom stereocenters. The predicted octanol–water partition coefficient (Wildman–Crippen LogP) is 1.93. The minimum atomic E-state index is -0.843. The highest BCUT2D eigenvalue weighted by molar-refractivity contribution is 6.04. The Hall–Kier alpha value is -4.01. The summed E-state index contributed by atoms with van der Waals surface area (Å²) < 4.78 is 14.6. The summed E-state index contributed by atoms with van der Waals surface area (Å²) in [5.74, 6) is -1.53. The van der Waals surface area contributed by atoms with Gasteiger partial charge < -0.3 is 15.6 Å². The molecular formula is C20H17FN4O4. The van der Waals surface area contributed by atoms with Crippen LogP contribution in [0.25, 0.3) is 0 Å². The summed E-state index contributed by atoms with van der Waals surface area (Å²) in [6.45, 7) is 1.06. The van der Waals surface area contributed by atoms with Crippen molar-refractivity contribution in [3.63, 3.8) is 0 Å². The molecule has 2 amide bonds. The Bertz CT molecular complexity index is 1180. The number of H-pyrrole nitrogens is 1. The first-order chi connectivity index (χ1) is 13.8. The van der Waals surface area contributed by atoms with Crippen LogP contribution < -0.4 is 21.9 Å². The number of aromatic amines is 1. The number of aromatic nitrogens is 2. The Balaban J connectivity index is 1.84. The monoisotopic (exact) mass is 396 g/mol. The Morgan fingerprint density at radius 1 is 1.00 bits per heavy atom. The lowest BCUT2D eigenvalue weighted by Gasteiger charge is -2.09. The molecule has 1 aromatic heterocycles. The van der Waals surface area contributed by atoms with Gasteiger partial charge in [-0.2, -0.15) is 0 Å². The van der Waals surface area contributed by atoms with Crippen molar-refractivity contribution in [3.8, 4) is 0 Å². The molecule has 148 valence electrons. The van der Waals surface area contributed by atoms with Crippen LogP contribution in [-0.4, -0.2) is 21.4 Å². The van der Waals surface area contributed by atoms with Crippen LogP contribution >= 0.6 is 0 Å². The Labute approximate surface area is 164 Å². The molecule has 0 aliphatic rings. The molecule has 3 rings (SSSR count). The number of anilines is 2. The third kappa shape index (κ3) is 4.64. The third-order valence-corrected chi connectivity index (χ3v) is 4.05. The standard InChI is InChI=1S/C20H17FN4O4/c1-12(26)23-14-6-8-15(9-7-14)24-18(27)16-10-22-20(29)25(19(16)28)11-13-4-2-3-5-17(13)21/h2-10H,11H2,1H3,(H,22,29)(H,23,26)(H,24,27). The third-order valence-electron chi connectivity index (χ3n) is 4.05.